The highest BCUT2D eigenvalue weighted by Crippen LogP contribution is 2.58. The van der Waals surface area contributed by atoms with E-state index in [0.29, 0.717) is 31.3 Å². The molecule has 1 heterocycles. The van der Waals surface area contributed by atoms with Crippen LogP contribution in [0, 0.1) is 11.3 Å². The van der Waals surface area contributed by atoms with E-state index in [9.17, 15) is 15.0 Å². The summed E-state index contributed by atoms with van der Waals surface area (Å²) in [6, 6.07) is 0. The predicted octanol–water partition coefficient (Wildman–Crippen LogP) is 1.33. The first kappa shape index (κ1) is 12.9. The summed E-state index contributed by atoms with van der Waals surface area (Å²) in [5.74, 6) is -0.534. The van der Waals surface area contributed by atoms with Gasteiger partial charge in [0.05, 0.1) is 11.7 Å². The van der Waals surface area contributed by atoms with Crippen molar-refractivity contribution in [3.63, 3.8) is 0 Å². The zero-order valence-electron chi connectivity index (χ0n) is 11.2. The standard InChI is InChI=1S/C15H20O4/c1-8-4-5-12(16)14(3)7-11-10(6-15(8,14)18)9(2)13(17)19-11/h10-12,16,18H,1-2,4-7H2,3H3/t10-,11-,12-,14-,15-/m1/s1. The van der Waals surface area contributed by atoms with Crippen LogP contribution in [0.3, 0.4) is 0 Å². The van der Waals surface area contributed by atoms with Gasteiger partial charge in [-0.25, -0.2) is 4.79 Å². The molecule has 0 amide bonds. The SMILES string of the molecule is C=C1C(=O)O[C@@H]2C[C@]3(C)[C@H](O)CCC(=C)[C@]3(O)C[C@H]12. The van der Waals surface area contributed by atoms with E-state index in [1.54, 1.807) is 0 Å². The van der Waals surface area contributed by atoms with Crippen molar-refractivity contribution < 1.29 is 19.7 Å². The highest BCUT2D eigenvalue weighted by atomic mass is 16.6. The minimum atomic E-state index is -1.14. The first-order valence-electron chi connectivity index (χ1n) is 6.78. The van der Waals surface area contributed by atoms with Gasteiger partial charge in [-0.1, -0.05) is 20.1 Å². The lowest BCUT2D eigenvalue weighted by atomic mass is 9.52. The van der Waals surface area contributed by atoms with Gasteiger partial charge in [0, 0.05) is 16.9 Å². The van der Waals surface area contributed by atoms with Gasteiger partial charge in [-0.3, -0.25) is 0 Å². The summed E-state index contributed by atoms with van der Waals surface area (Å²) in [4.78, 5) is 11.6. The number of ether oxygens (including phenoxy) is 1. The van der Waals surface area contributed by atoms with Crippen molar-refractivity contribution in [2.75, 3.05) is 0 Å². The van der Waals surface area contributed by atoms with Crippen molar-refractivity contribution in [1.29, 1.82) is 0 Å². The summed E-state index contributed by atoms with van der Waals surface area (Å²) >= 11 is 0. The van der Waals surface area contributed by atoms with Crippen molar-refractivity contribution in [1.82, 2.24) is 0 Å². The van der Waals surface area contributed by atoms with Crippen molar-refractivity contribution in [2.45, 2.75) is 50.4 Å². The number of carbonyl (C=O) groups is 1. The quantitative estimate of drug-likeness (QED) is 0.393. The van der Waals surface area contributed by atoms with Crippen LogP contribution in [0.25, 0.3) is 0 Å². The van der Waals surface area contributed by atoms with Crippen LogP contribution in [-0.2, 0) is 9.53 Å². The maximum atomic E-state index is 11.6. The van der Waals surface area contributed by atoms with E-state index in [2.05, 4.69) is 13.2 Å². The molecule has 4 nitrogen and oxygen atoms in total. The molecule has 3 aliphatic rings. The van der Waals surface area contributed by atoms with Crippen LogP contribution < -0.4 is 0 Å². The molecule has 104 valence electrons. The fourth-order valence-corrected chi connectivity index (χ4v) is 4.04. The van der Waals surface area contributed by atoms with E-state index in [1.807, 2.05) is 6.92 Å². The Hall–Kier alpha value is -1.13. The second-order valence-corrected chi connectivity index (χ2v) is 6.42. The Morgan fingerprint density at radius 3 is 2.74 bits per heavy atom. The normalized spacial score (nSPS) is 49.6. The number of carbonyl (C=O) groups excluding carboxylic acids is 1. The smallest absolute Gasteiger partial charge is 0.334 e. The topological polar surface area (TPSA) is 66.8 Å². The lowest BCUT2D eigenvalue weighted by Crippen LogP contribution is -2.62. The first-order chi connectivity index (χ1) is 8.79. The maximum Gasteiger partial charge on any atom is 0.334 e. The third-order valence-electron chi connectivity index (χ3n) is 5.54. The molecular weight excluding hydrogens is 244 g/mol. The molecule has 3 rings (SSSR count). The van der Waals surface area contributed by atoms with Crippen molar-refractivity contribution in [3.05, 3.63) is 24.3 Å². The largest absolute Gasteiger partial charge is 0.458 e. The van der Waals surface area contributed by atoms with Crippen LogP contribution in [0.2, 0.25) is 0 Å². The van der Waals surface area contributed by atoms with Crippen molar-refractivity contribution in [3.8, 4) is 0 Å². The van der Waals surface area contributed by atoms with Gasteiger partial charge in [-0.2, -0.15) is 0 Å². The summed E-state index contributed by atoms with van der Waals surface area (Å²) in [6.45, 7) is 9.64. The van der Waals surface area contributed by atoms with Crippen LogP contribution in [0.5, 0.6) is 0 Å². The van der Waals surface area contributed by atoms with E-state index < -0.39 is 17.1 Å². The minimum absolute atomic E-state index is 0.160. The Labute approximate surface area is 112 Å². The highest BCUT2D eigenvalue weighted by Gasteiger charge is 2.63. The van der Waals surface area contributed by atoms with Crippen LogP contribution in [-0.4, -0.2) is 34.0 Å². The molecule has 0 aromatic rings. The van der Waals surface area contributed by atoms with Crippen LogP contribution in [0.4, 0.5) is 0 Å². The number of rotatable bonds is 0. The number of hydrogen-bond acceptors (Lipinski definition) is 4. The van der Waals surface area contributed by atoms with E-state index in [0.717, 1.165) is 5.57 Å². The molecule has 3 fully saturated rings. The molecule has 19 heavy (non-hydrogen) atoms. The number of aliphatic hydroxyl groups excluding tert-OH is 1. The molecule has 1 saturated heterocycles. The number of fused-ring (bicyclic) bond motifs is 2. The Balaban J connectivity index is 2.03. The van der Waals surface area contributed by atoms with Gasteiger partial charge in [0.25, 0.3) is 0 Å². The van der Waals surface area contributed by atoms with Crippen LogP contribution >= 0.6 is 0 Å². The third-order valence-corrected chi connectivity index (χ3v) is 5.54. The van der Waals surface area contributed by atoms with E-state index in [-0.39, 0.29) is 18.0 Å². The zero-order chi connectivity index (χ0) is 14.0. The van der Waals surface area contributed by atoms with E-state index in [1.165, 1.54) is 0 Å². The average molecular weight is 264 g/mol. The Morgan fingerprint density at radius 2 is 2.05 bits per heavy atom. The summed E-state index contributed by atoms with van der Waals surface area (Å²) < 4.78 is 5.33. The molecule has 5 atom stereocenters. The second kappa shape index (κ2) is 3.70. The van der Waals surface area contributed by atoms with Gasteiger partial charge in [-0.05, 0) is 31.3 Å². The Morgan fingerprint density at radius 1 is 1.37 bits per heavy atom. The van der Waals surface area contributed by atoms with Crippen molar-refractivity contribution in [2.24, 2.45) is 11.3 Å². The molecule has 2 saturated carbocycles. The molecule has 0 bridgehead atoms. The van der Waals surface area contributed by atoms with Crippen molar-refractivity contribution >= 4 is 5.97 Å². The highest BCUT2D eigenvalue weighted by molar-refractivity contribution is 5.91. The molecule has 0 radical (unpaired) electrons. The molecular formula is C15H20O4. The fourth-order valence-electron chi connectivity index (χ4n) is 4.04. The number of hydrogen-bond donors (Lipinski definition) is 2. The van der Waals surface area contributed by atoms with Gasteiger partial charge in [0.1, 0.15) is 6.10 Å². The summed E-state index contributed by atoms with van der Waals surface area (Å²) in [6.07, 6.45) is 1.17. The molecule has 1 aliphatic heterocycles. The molecule has 0 spiro atoms. The van der Waals surface area contributed by atoms with Crippen LogP contribution in [0.1, 0.15) is 32.6 Å². The molecule has 0 unspecified atom stereocenters. The Bertz CT molecular complexity index is 483. The molecule has 2 aliphatic carbocycles. The molecule has 0 aromatic heterocycles. The number of aliphatic hydroxyl groups is 2. The van der Waals surface area contributed by atoms with E-state index in [4.69, 9.17) is 4.74 Å². The first-order valence-corrected chi connectivity index (χ1v) is 6.78. The number of esters is 1. The van der Waals surface area contributed by atoms with E-state index >= 15 is 0 Å². The molecule has 2 N–H and O–H groups in total. The van der Waals surface area contributed by atoms with Gasteiger partial charge in [0.2, 0.25) is 0 Å². The minimum Gasteiger partial charge on any atom is -0.458 e. The van der Waals surface area contributed by atoms with Crippen LogP contribution in [0.15, 0.2) is 24.3 Å². The predicted molar refractivity (Wildman–Crippen MR) is 69.2 cm³/mol. The maximum absolute atomic E-state index is 11.6. The molecule has 4 heteroatoms. The fraction of sp³-hybridized carbons (Fsp3) is 0.667. The van der Waals surface area contributed by atoms with Gasteiger partial charge < -0.3 is 14.9 Å². The lowest BCUT2D eigenvalue weighted by molar-refractivity contribution is -0.186. The Kier molecular flexibility index (Phi) is 2.51. The average Bonchev–Trinajstić information content (AvgIpc) is 2.61. The zero-order valence-corrected chi connectivity index (χ0v) is 11.2. The summed E-state index contributed by atoms with van der Waals surface area (Å²) in [5, 5.41) is 21.4. The summed E-state index contributed by atoms with van der Waals surface area (Å²) in [5.41, 5.74) is -0.642. The summed E-state index contributed by atoms with van der Waals surface area (Å²) in [7, 11) is 0. The third kappa shape index (κ3) is 1.44. The monoisotopic (exact) mass is 264 g/mol. The van der Waals surface area contributed by atoms with Gasteiger partial charge >= 0.3 is 5.97 Å². The lowest BCUT2D eigenvalue weighted by Gasteiger charge is -2.57. The van der Waals surface area contributed by atoms with Gasteiger partial charge in [-0.15, -0.1) is 0 Å². The second-order valence-electron chi connectivity index (χ2n) is 6.42. The molecule has 0 aromatic carbocycles. The van der Waals surface area contributed by atoms with Gasteiger partial charge in [0.15, 0.2) is 0 Å².